The van der Waals surface area contributed by atoms with Crippen molar-refractivity contribution in [2.45, 2.75) is 44.8 Å². The first-order valence-corrected chi connectivity index (χ1v) is 11.2. The molecule has 0 N–H and O–H groups in total. The van der Waals surface area contributed by atoms with Gasteiger partial charge in [0.1, 0.15) is 18.0 Å². The molecule has 0 bridgehead atoms. The van der Waals surface area contributed by atoms with E-state index < -0.39 is 0 Å². The SMILES string of the molecule is Cc1ccc2ncccc2c1-c1ccc(OC2CCN(C(=O)C3CCCO3)CC2)cc1. The summed E-state index contributed by atoms with van der Waals surface area (Å²) < 4.78 is 11.8. The van der Waals surface area contributed by atoms with Crippen LogP contribution >= 0.6 is 0 Å². The Bertz CT molecular complexity index is 1070. The summed E-state index contributed by atoms with van der Waals surface area (Å²) in [6.45, 7) is 4.33. The third-order valence-electron chi connectivity index (χ3n) is 6.40. The van der Waals surface area contributed by atoms with Crippen LogP contribution in [0.1, 0.15) is 31.2 Å². The van der Waals surface area contributed by atoms with Gasteiger partial charge in [-0.15, -0.1) is 0 Å². The number of carbonyl (C=O) groups is 1. The van der Waals surface area contributed by atoms with Gasteiger partial charge in [-0.25, -0.2) is 0 Å². The van der Waals surface area contributed by atoms with Crippen LogP contribution < -0.4 is 4.74 Å². The Morgan fingerprint density at radius 1 is 1.06 bits per heavy atom. The van der Waals surface area contributed by atoms with Gasteiger partial charge in [0.25, 0.3) is 5.91 Å². The van der Waals surface area contributed by atoms with Gasteiger partial charge in [-0.05, 0) is 60.7 Å². The van der Waals surface area contributed by atoms with Crippen LogP contribution in [0.25, 0.3) is 22.0 Å². The van der Waals surface area contributed by atoms with E-state index in [-0.39, 0.29) is 18.1 Å². The quantitative estimate of drug-likeness (QED) is 0.615. The summed E-state index contributed by atoms with van der Waals surface area (Å²) in [4.78, 5) is 18.9. The Balaban J connectivity index is 1.24. The summed E-state index contributed by atoms with van der Waals surface area (Å²) >= 11 is 0. The van der Waals surface area contributed by atoms with Gasteiger partial charge >= 0.3 is 0 Å². The van der Waals surface area contributed by atoms with Gasteiger partial charge < -0.3 is 14.4 Å². The van der Waals surface area contributed by atoms with Crippen molar-refractivity contribution >= 4 is 16.8 Å². The van der Waals surface area contributed by atoms with Crippen molar-refractivity contribution in [3.8, 4) is 16.9 Å². The first-order chi connectivity index (χ1) is 15.2. The molecule has 2 aliphatic rings. The highest BCUT2D eigenvalue weighted by Crippen LogP contribution is 2.32. The van der Waals surface area contributed by atoms with Crippen LogP contribution in [0, 0.1) is 6.92 Å². The Kier molecular flexibility index (Phi) is 5.60. The van der Waals surface area contributed by atoms with E-state index in [4.69, 9.17) is 9.47 Å². The van der Waals surface area contributed by atoms with Gasteiger partial charge in [0.05, 0.1) is 5.52 Å². The minimum absolute atomic E-state index is 0.142. The second-order valence-corrected chi connectivity index (χ2v) is 8.50. The number of rotatable bonds is 4. The maximum atomic E-state index is 12.5. The number of aryl methyl sites for hydroxylation is 1. The van der Waals surface area contributed by atoms with Gasteiger partial charge in [0, 0.05) is 44.1 Å². The average molecular weight is 417 g/mol. The molecule has 0 aliphatic carbocycles. The topological polar surface area (TPSA) is 51.7 Å². The number of piperidine rings is 1. The highest BCUT2D eigenvalue weighted by atomic mass is 16.5. The van der Waals surface area contributed by atoms with E-state index in [9.17, 15) is 4.79 Å². The summed E-state index contributed by atoms with van der Waals surface area (Å²) in [5.41, 5.74) is 4.63. The third kappa shape index (κ3) is 4.15. The summed E-state index contributed by atoms with van der Waals surface area (Å²) in [5.74, 6) is 1.03. The number of fused-ring (bicyclic) bond motifs is 1. The molecule has 3 heterocycles. The molecule has 0 saturated carbocycles. The van der Waals surface area contributed by atoms with Crippen LogP contribution in [0.2, 0.25) is 0 Å². The average Bonchev–Trinajstić information content (AvgIpc) is 3.35. The number of hydrogen-bond donors (Lipinski definition) is 0. The number of carbonyl (C=O) groups excluding carboxylic acids is 1. The molecule has 160 valence electrons. The standard InChI is InChI=1S/C26H28N2O3/c1-18-6-11-23-22(4-2-14-27-23)25(18)19-7-9-20(10-8-19)31-21-12-15-28(16-13-21)26(29)24-5-3-17-30-24/h2,4,6-11,14,21,24H,3,5,12-13,15-17H2,1H3. The smallest absolute Gasteiger partial charge is 0.251 e. The monoisotopic (exact) mass is 416 g/mol. The first-order valence-electron chi connectivity index (χ1n) is 11.2. The van der Waals surface area contributed by atoms with Crippen LogP contribution in [0.15, 0.2) is 54.7 Å². The largest absolute Gasteiger partial charge is 0.490 e. The molecular weight excluding hydrogens is 388 g/mol. The van der Waals surface area contributed by atoms with Crippen LogP contribution in [0.4, 0.5) is 0 Å². The minimum Gasteiger partial charge on any atom is -0.490 e. The maximum Gasteiger partial charge on any atom is 0.251 e. The van der Waals surface area contributed by atoms with E-state index in [1.165, 1.54) is 22.1 Å². The van der Waals surface area contributed by atoms with Gasteiger partial charge in [-0.2, -0.15) is 0 Å². The van der Waals surface area contributed by atoms with Crippen molar-refractivity contribution in [3.05, 3.63) is 60.3 Å². The molecule has 0 spiro atoms. The highest BCUT2D eigenvalue weighted by Gasteiger charge is 2.31. The van der Waals surface area contributed by atoms with Gasteiger partial charge in [0.15, 0.2) is 0 Å². The lowest BCUT2D eigenvalue weighted by molar-refractivity contribution is -0.142. The Hall–Kier alpha value is -2.92. The fourth-order valence-electron chi connectivity index (χ4n) is 4.71. The molecule has 1 atom stereocenters. The minimum atomic E-state index is -0.224. The zero-order valence-corrected chi connectivity index (χ0v) is 17.9. The maximum absolute atomic E-state index is 12.5. The molecule has 5 heteroatoms. The molecule has 2 saturated heterocycles. The second-order valence-electron chi connectivity index (χ2n) is 8.50. The molecule has 1 unspecified atom stereocenters. The second kappa shape index (κ2) is 8.67. The van der Waals surface area contributed by atoms with Crippen LogP contribution in [0.3, 0.4) is 0 Å². The van der Waals surface area contributed by atoms with Gasteiger partial charge in [-0.3, -0.25) is 9.78 Å². The molecule has 3 aromatic rings. The predicted molar refractivity (Wildman–Crippen MR) is 121 cm³/mol. The number of ether oxygens (including phenoxy) is 2. The van der Waals surface area contributed by atoms with E-state index >= 15 is 0 Å². The molecule has 2 aliphatic heterocycles. The zero-order chi connectivity index (χ0) is 21.2. The van der Waals surface area contributed by atoms with Crippen molar-refractivity contribution in [2.75, 3.05) is 19.7 Å². The fourth-order valence-corrected chi connectivity index (χ4v) is 4.71. The Labute approximate surface area is 183 Å². The van der Waals surface area contributed by atoms with Crippen LogP contribution in [0.5, 0.6) is 5.75 Å². The lowest BCUT2D eigenvalue weighted by Crippen LogP contribution is -2.45. The van der Waals surface area contributed by atoms with E-state index in [0.717, 1.165) is 50.0 Å². The number of likely N-dealkylation sites (tertiary alicyclic amines) is 1. The number of nitrogens with zero attached hydrogens (tertiary/aromatic N) is 2. The normalized spacial score (nSPS) is 19.6. The summed E-state index contributed by atoms with van der Waals surface area (Å²) in [5, 5.41) is 1.17. The van der Waals surface area contributed by atoms with E-state index in [1.807, 2.05) is 29.3 Å². The van der Waals surface area contributed by atoms with Gasteiger partial charge in [0.2, 0.25) is 0 Å². The summed E-state index contributed by atoms with van der Waals surface area (Å²) in [7, 11) is 0. The zero-order valence-electron chi connectivity index (χ0n) is 17.9. The number of pyridine rings is 1. The van der Waals surface area contributed by atoms with Crippen LogP contribution in [-0.2, 0) is 9.53 Å². The predicted octanol–water partition coefficient (Wildman–Crippen LogP) is 4.76. The summed E-state index contributed by atoms with van der Waals surface area (Å²) in [6, 6.07) is 16.7. The third-order valence-corrected chi connectivity index (χ3v) is 6.40. The van der Waals surface area contributed by atoms with Crippen molar-refractivity contribution in [1.29, 1.82) is 0 Å². The van der Waals surface area contributed by atoms with Crippen molar-refractivity contribution < 1.29 is 14.3 Å². The van der Waals surface area contributed by atoms with Crippen molar-refractivity contribution in [2.24, 2.45) is 0 Å². The molecule has 31 heavy (non-hydrogen) atoms. The molecule has 2 aromatic carbocycles. The molecule has 1 amide bonds. The van der Waals surface area contributed by atoms with E-state index in [2.05, 4.69) is 42.2 Å². The molecule has 5 rings (SSSR count). The molecular formula is C26H28N2O3. The fraction of sp³-hybridized carbons (Fsp3) is 0.385. The number of hydrogen-bond acceptors (Lipinski definition) is 4. The number of benzene rings is 2. The number of aromatic nitrogens is 1. The van der Waals surface area contributed by atoms with E-state index in [1.54, 1.807) is 0 Å². The Morgan fingerprint density at radius 3 is 2.61 bits per heavy atom. The lowest BCUT2D eigenvalue weighted by atomic mass is 9.96. The van der Waals surface area contributed by atoms with Gasteiger partial charge in [-0.1, -0.05) is 24.3 Å². The first kappa shape index (κ1) is 20.0. The molecule has 1 aromatic heterocycles. The number of amides is 1. The lowest BCUT2D eigenvalue weighted by Gasteiger charge is -2.33. The Morgan fingerprint density at radius 2 is 1.87 bits per heavy atom. The highest BCUT2D eigenvalue weighted by molar-refractivity contribution is 5.96. The molecule has 5 nitrogen and oxygen atoms in total. The van der Waals surface area contributed by atoms with E-state index in [0.29, 0.717) is 6.61 Å². The van der Waals surface area contributed by atoms with Crippen molar-refractivity contribution in [3.63, 3.8) is 0 Å². The molecule has 2 fully saturated rings. The van der Waals surface area contributed by atoms with Crippen molar-refractivity contribution in [1.82, 2.24) is 9.88 Å². The van der Waals surface area contributed by atoms with Crippen LogP contribution in [-0.4, -0.2) is 47.7 Å². The summed E-state index contributed by atoms with van der Waals surface area (Å²) in [6.07, 6.45) is 5.30. The molecule has 0 radical (unpaired) electrons.